The first-order chi connectivity index (χ1) is 10.2. The minimum atomic E-state index is -0.463. The number of carbonyl (C=O) groups excluding carboxylic acids is 1. The lowest BCUT2D eigenvalue weighted by Gasteiger charge is -2.18. The molecular formula is C18H21NO2. The fraction of sp³-hybridized carbons (Fsp3) is 0.278. The van der Waals surface area contributed by atoms with Gasteiger partial charge in [-0.15, -0.1) is 0 Å². The van der Waals surface area contributed by atoms with Gasteiger partial charge in [0.1, 0.15) is 5.75 Å². The van der Waals surface area contributed by atoms with Crippen LogP contribution in [0.2, 0.25) is 0 Å². The second kappa shape index (κ2) is 7.48. The van der Waals surface area contributed by atoms with Crippen LogP contribution in [0.25, 0.3) is 0 Å². The zero-order valence-electron chi connectivity index (χ0n) is 12.5. The van der Waals surface area contributed by atoms with Gasteiger partial charge in [0, 0.05) is 6.54 Å². The quantitative estimate of drug-likeness (QED) is 0.881. The highest BCUT2D eigenvalue weighted by Crippen LogP contribution is 2.18. The van der Waals surface area contributed by atoms with Gasteiger partial charge < -0.3 is 10.1 Å². The van der Waals surface area contributed by atoms with E-state index >= 15 is 0 Å². The Morgan fingerprint density at radius 1 is 1.10 bits per heavy atom. The van der Waals surface area contributed by atoms with Gasteiger partial charge in [-0.2, -0.15) is 0 Å². The van der Waals surface area contributed by atoms with E-state index in [-0.39, 0.29) is 5.91 Å². The second-order valence-electron chi connectivity index (χ2n) is 4.98. The Balaban J connectivity index is 1.94. The van der Waals surface area contributed by atoms with Crippen LogP contribution in [0.15, 0.2) is 54.6 Å². The van der Waals surface area contributed by atoms with Gasteiger partial charge >= 0.3 is 0 Å². The summed E-state index contributed by atoms with van der Waals surface area (Å²) in [6, 6.07) is 17.6. The van der Waals surface area contributed by atoms with E-state index in [9.17, 15) is 4.79 Å². The van der Waals surface area contributed by atoms with Gasteiger partial charge in [0.05, 0.1) is 0 Å². The minimum Gasteiger partial charge on any atom is -0.480 e. The highest BCUT2D eigenvalue weighted by atomic mass is 16.5. The fourth-order valence-electron chi connectivity index (χ4n) is 2.06. The summed E-state index contributed by atoms with van der Waals surface area (Å²) in [6.45, 7) is 4.45. The van der Waals surface area contributed by atoms with Crippen LogP contribution in [0.3, 0.4) is 0 Å². The number of rotatable bonds is 6. The van der Waals surface area contributed by atoms with Crippen molar-refractivity contribution in [2.75, 3.05) is 0 Å². The number of amides is 1. The summed E-state index contributed by atoms with van der Waals surface area (Å²) in [5.74, 6) is 0.684. The Labute approximate surface area is 126 Å². The predicted octanol–water partition coefficient (Wildman–Crippen LogP) is 3.47. The zero-order valence-corrected chi connectivity index (χ0v) is 12.5. The monoisotopic (exact) mass is 283 g/mol. The SMILES string of the molecule is CC[C@@H](Oc1ccccc1C)C(=O)NCc1ccccc1. The van der Waals surface area contributed by atoms with Crippen molar-refractivity contribution in [3.05, 3.63) is 65.7 Å². The van der Waals surface area contributed by atoms with Crippen LogP contribution in [0.4, 0.5) is 0 Å². The van der Waals surface area contributed by atoms with Crippen LogP contribution < -0.4 is 10.1 Å². The molecule has 21 heavy (non-hydrogen) atoms. The lowest BCUT2D eigenvalue weighted by molar-refractivity contribution is -0.128. The molecule has 2 aromatic carbocycles. The average Bonchev–Trinajstić information content (AvgIpc) is 2.53. The molecule has 0 aromatic heterocycles. The van der Waals surface area contributed by atoms with E-state index < -0.39 is 6.10 Å². The van der Waals surface area contributed by atoms with E-state index in [0.29, 0.717) is 13.0 Å². The first-order valence-corrected chi connectivity index (χ1v) is 7.24. The average molecular weight is 283 g/mol. The van der Waals surface area contributed by atoms with Gasteiger partial charge in [0.15, 0.2) is 6.10 Å². The molecule has 0 saturated heterocycles. The van der Waals surface area contributed by atoms with E-state index in [1.54, 1.807) is 0 Å². The highest BCUT2D eigenvalue weighted by Gasteiger charge is 2.18. The standard InChI is InChI=1S/C18H21NO2/c1-3-16(21-17-12-8-7-9-14(17)2)18(20)19-13-15-10-5-4-6-11-15/h4-12,16H,3,13H2,1-2H3,(H,19,20)/t16-/m1/s1. The van der Waals surface area contributed by atoms with Crippen molar-refractivity contribution in [3.63, 3.8) is 0 Å². The lowest BCUT2D eigenvalue weighted by Crippen LogP contribution is -2.37. The first kappa shape index (κ1) is 15.1. The van der Waals surface area contributed by atoms with Crippen LogP contribution in [0.5, 0.6) is 5.75 Å². The second-order valence-corrected chi connectivity index (χ2v) is 4.98. The van der Waals surface area contributed by atoms with Crippen LogP contribution >= 0.6 is 0 Å². The predicted molar refractivity (Wildman–Crippen MR) is 84.2 cm³/mol. The molecule has 0 aliphatic rings. The molecule has 0 aliphatic carbocycles. The lowest BCUT2D eigenvalue weighted by atomic mass is 10.2. The summed E-state index contributed by atoms with van der Waals surface area (Å²) >= 11 is 0. The molecular weight excluding hydrogens is 262 g/mol. The van der Waals surface area contributed by atoms with E-state index in [2.05, 4.69) is 5.32 Å². The molecule has 0 aliphatic heterocycles. The van der Waals surface area contributed by atoms with Crippen molar-refractivity contribution in [2.45, 2.75) is 32.9 Å². The normalized spacial score (nSPS) is 11.7. The van der Waals surface area contributed by atoms with Crippen LogP contribution in [-0.4, -0.2) is 12.0 Å². The summed E-state index contributed by atoms with van der Waals surface area (Å²) in [7, 11) is 0. The molecule has 1 N–H and O–H groups in total. The van der Waals surface area contributed by atoms with Crippen LogP contribution in [0, 0.1) is 6.92 Å². The van der Waals surface area contributed by atoms with Crippen molar-refractivity contribution >= 4 is 5.91 Å². The minimum absolute atomic E-state index is 0.0791. The number of hydrogen-bond acceptors (Lipinski definition) is 2. The molecule has 0 radical (unpaired) electrons. The van der Waals surface area contributed by atoms with Crippen molar-refractivity contribution in [1.82, 2.24) is 5.32 Å². The number of benzene rings is 2. The number of hydrogen-bond donors (Lipinski definition) is 1. The number of ether oxygens (including phenoxy) is 1. The largest absolute Gasteiger partial charge is 0.480 e. The molecule has 110 valence electrons. The Morgan fingerprint density at radius 2 is 1.76 bits per heavy atom. The molecule has 3 heteroatoms. The molecule has 0 spiro atoms. The van der Waals surface area contributed by atoms with Crippen LogP contribution in [-0.2, 0) is 11.3 Å². The number of carbonyl (C=O) groups is 1. The van der Waals surface area contributed by atoms with E-state index in [1.165, 1.54) is 0 Å². The van der Waals surface area contributed by atoms with Gasteiger partial charge in [0.2, 0.25) is 0 Å². The van der Waals surface area contributed by atoms with Gasteiger partial charge in [-0.05, 0) is 30.5 Å². The third-order valence-electron chi connectivity index (χ3n) is 3.34. The Hall–Kier alpha value is -2.29. The molecule has 0 unspecified atom stereocenters. The number of para-hydroxylation sites is 1. The van der Waals surface area contributed by atoms with E-state index in [0.717, 1.165) is 16.9 Å². The molecule has 3 nitrogen and oxygen atoms in total. The van der Waals surface area contributed by atoms with Gasteiger partial charge in [0.25, 0.3) is 5.91 Å². The van der Waals surface area contributed by atoms with Gasteiger partial charge in [-0.1, -0.05) is 55.5 Å². The van der Waals surface area contributed by atoms with Gasteiger partial charge in [-0.3, -0.25) is 4.79 Å². The molecule has 0 bridgehead atoms. The highest BCUT2D eigenvalue weighted by molar-refractivity contribution is 5.81. The smallest absolute Gasteiger partial charge is 0.261 e. The topological polar surface area (TPSA) is 38.3 Å². The molecule has 2 rings (SSSR count). The molecule has 0 heterocycles. The molecule has 2 aromatic rings. The molecule has 0 fully saturated rings. The Morgan fingerprint density at radius 3 is 2.43 bits per heavy atom. The maximum atomic E-state index is 12.2. The maximum absolute atomic E-state index is 12.2. The van der Waals surface area contributed by atoms with Crippen molar-refractivity contribution in [3.8, 4) is 5.75 Å². The third kappa shape index (κ3) is 4.35. The summed E-state index contributed by atoms with van der Waals surface area (Å²) in [4.78, 5) is 12.2. The van der Waals surface area contributed by atoms with E-state index in [1.807, 2.05) is 68.4 Å². The number of aryl methyl sites for hydroxylation is 1. The zero-order chi connectivity index (χ0) is 15.1. The fourth-order valence-corrected chi connectivity index (χ4v) is 2.06. The van der Waals surface area contributed by atoms with Crippen molar-refractivity contribution in [1.29, 1.82) is 0 Å². The molecule has 0 saturated carbocycles. The van der Waals surface area contributed by atoms with Crippen LogP contribution in [0.1, 0.15) is 24.5 Å². The summed E-state index contributed by atoms with van der Waals surface area (Å²) in [6.07, 6.45) is 0.171. The first-order valence-electron chi connectivity index (χ1n) is 7.24. The van der Waals surface area contributed by atoms with Crippen molar-refractivity contribution < 1.29 is 9.53 Å². The third-order valence-corrected chi connectivity index (χ3v) is 3.34. The summed E-state index contributed by atoms with van der Waals surface area (Å²) < 4.78 is 5.83. The Bertz CT molecular complexity index is 581. The van der Waals surface area contributed by atoms with E-state index in [4.69, 9.17) is 4.74 Å². The number of nitrogens with one attached hydrogen (secondary N) is 1. The molecule has 1 amide bonds. The Kier molecular flexibility index (Phi) is 5.38. The van der Waals surface area contributed by atoms with Crippen molar-refractivity contribution in [2.24, 2.45) is 0 Å². The summed E-state index contributed by atoms with van der Waals surface area (Å²) in [5, 5.41) is 2.93. The summed E-state index contributed by atoms with van der Waals surface area (Å²) in [5.41, 5.74) is 2.11. The maximum Gasteiger partial charge on any atom is 0.261 e. The molecule has 1 atom stereocenters. The van der Waals surface area contributed by atoms with Gasteiger partial charge in [-0.25, -0.2) is 0 Å².